The number of carbonyl (C=O) groups is 2. The Labute approximate surface area is 203 Å². The van der Waals surface area contributed by atoms with E-state index in [-0.39, 0.29) is 24.5 Å². The van der Waals surface area contributed by atoms with E-state index in [4.69, 9.17) is 9.47 Å². The fourth-order valence-electron chi connectivity index (χ4n) is 3.97. The number of hydrogen-bond acceptors (Lipinski definition) is 4. The third-order valence-electron chi connectivity index (χ3n) is 5.78. The number of hydrogen-bond donors (Lipinski definition) is 1. The van der Waals surface area contributed by atoms with Crippen molar-refractivity contribution in [3.8, 4) is 11.5 Å². The molecule has 0 spiro atoms. The van der Waals surface area contributed by atoms with E-state index in [0.717, 1.165) is 40.6 Å². The molecule has 1 fully saturated rings. The molecular formula is C25H31IN2O4. The van der Waals surface area contributed by atoms with E-state index in [1.807, 2.05) is 55.5 Å². The molecule has 0 aromatic heterocycles. The molecule has 0 heterocycles. The van der Waals surface area contributed by atoms with Gasteiger partial charge in [-0.1, -0.05) is 31.9 Å². The van der Waals surface area contributed by atoms with E-state index >= 15 is 0 Å². The number of halogens is 1. The molecule has 3 rings (SSSR count). The minimum Gasteiger partial charge on any atom is -0.497 e. The lowest BCUT2D eigenvalue weighted by atomic mass is 10.1. The average Bonchev–Trinajstić information content (AvgIpc) is 3.31. The summed E-state index contributed by atoms with van der Waals surface area (Å²) in [4.78, 5) is 28.0. The Morgan fingerprint density at radius 1 is 1.06 bits per heavy atom. The van der Waals surface area contributed by atoms with Crippen LogP contribution in [0.3, 0.4) is 0 Å². The van der Waals surface area contributed by atoms with Crippen LogP contribution in [-0.4, -0.2) is 42.5 Å². The lowest BCUT2D eigenvalue weighted by Gasteiger charge is -2.31. The van der Waals surface area contributed by atoms with Crippen molar-refractivity contribution < 1.29 is 19.1 Å². The number of rotatable bonds is 10. The number of nitrogens with one attached hydrogen (secondary N) is 1. The zero-order valence-electron chi connectivity index (χ0n) is 18.7. The van der Waals surface area contributed by atoms with Crippen molar-refractivity contribution in [2.24, 2.45) is 0 Å². The van der Waals surface area contributed by atoms with Crippen LogP contribution in [0.5, 0.6) is 11.5 Å². The number of methoxy groups -OCH3 is 1. The van der Waals surface area contributed by atoms with Crippen molar-refractivity contribution in [3.05, 3.63) is 57.7 Å². The quantitative estimate of drug-likeness (QED) is 0.441. The van der Waals surface area contributed by atoms with Crippen LogP contribution < -0.4 is 14.8 Å². The van der Waals surface area contributed by atoms with E-state index in [9.17, 15) is 9.59 Å². The van der Waals surface area contributed by atoms with Gasteiger partial charge in [0.05, 0.1) is 7.11 Å². The number of carbonyl (C=O) groups excluding carboxylic acids is 2. The van der Waals surface area contributed by atoms with E-state index in [2.05, 4.69) is 27.9 Å². The van der Waals surface area contributed by atoms with Gasteiger partial charge in [-0.3, -0.25) is 9.59 Å². The molecule has 0 saturated heterocycles. The first-order chi connectivity index (χ1) is 15.5. The lowest BCUT2D eigenvalue weighted by Crippen LogP contribution is -2.52. The van der Waals surface area contributed by atoms with Gasteiger partial charge in [0.15, 0.2) is 6.61 Å². The van der Waals surface area contributed by atoms with Crippen LogP contribution in [0.1, 0.15) is 44.6 Å². The second-order valence-corrected chi connectivity index (χ2v) is 9.27. The Kier molecular flexibility index (Phi) is 9.20. The van der Waals surface area contributed by atoms with Crippen molar-refractivity contribution in [1.82, 2.24) is 10.2 Å². The van der Waals surface area contributed by atoms with E-state index in [1.54, 1.807) is 12.0 Å². The summed E-state index contributed by atoms with van der Waals surface area (Å²) in [6.07, 6.45) is 4.82. The molecular weight excluding hydrogens is 519 g/mol. The Hall–Kier alpha value is -2.29. The topological polar surface area (TPSA) is 67.9 Å². The second kappa shape index (κ2) is 12.1. The molecule has 7 heteroatoms. The number of benzene rings is 2. The molecule has 32 heavy (non-hydrogen) atoms. The molecule has 2 amide bonds. The maximum absolute atomic E-state index is 13.2. The molecule has 172 valence electrons. The van der Waals surface area contributed by atoms with E-state index in [1.165, 1.54) is 0 Å². The normalized spacial score (nSPS) is 14.6. The Morgan fingerprint density at radius 3 is 2.28 bits per heavy atom. The summed E-state index contributed by atoms with van der Waals surface area (Å²) in [6, 6.07) is 14.8. The first-order valence-corrected chi connectivity index (χ1v) is 12.2. The molecule has 1 N–H and O–H groups in total. The molecule has 0 bridgehead atoms. The van der Waals surface area contributed by atoms with Crippen LogP contribution >= 0.6 is 22.6 Å². The SMILES string of the molecule is CC[C@H](C(=O)NC1CCCC1)N(Cc1ccc(OC)cc1)C(=O)COc1ccc(I)cc1. The van der Waals surface area contributed by atoms with Gasteiger partial charge in [0.2, 0.25) is 5.91 Å². The first kappa shape index (κ1) is 24.4. The van der Waals surface area contributed by atoms with Crippen molar-refractivity contribution in [1.29, 1.82) is 0 Å². The van der Waals surface area contributed by atoms with E-state index < -0.39 is 6.04 Å². The maximum atomic E-state index is 13.2. The molecule has 2 aromatic rings. The highest BCUT2D eigenvalue weighted by molar-refractivity contribution is 14.1. The molecule has 1 atom stereocenters. The smallest absolute Gasteiger partial charge is 0.261 e. The fraction of sp³-hybridized carbons (Fsp3) is 0.440. The molecule has 1 saturated carbocycles. The largest absolute Gasteiger partial charge is 0.497 e. The molecule has 6 nitrogen and oxygen atoms in total. The number of ether oxygens (including phenoxy) is 2. The standard InChI is InChI=1S/C25H31IN2O4/c1-3-23(25(30)27-20-6-4-5-7-20)28(16-18-8-12-21(31-2)13-9-18)24(29)17-32-22-14-10-19(26)11-15-22/h8-15,20,23H,3-7,16-17H2,1-2H3,(H,27,30)/t23-/m1/s1. The molecule has 1 aliphatic carbocycles. The zero-order valence-corrected chi connectivity index (χ0v) is 20.8. The molecule has 2 aromatic carbocycles. The zero-order chi connectivity index (χ0) is 22.9. The van der Waals surface area contributed by atoms with Crippen LogP contribution in [0, 0.1) is 3.57 Å². The number of nitrogens with zero attached hydrogens (tertiary/aromatic N) is 1. The van der Waals surface area contributed by atoms with Crippen molar-refractivity contribution >= 4 is 34.4 Å². The van der Waals surface area contributed by atoms with Gasteiger partial charge >= 0.3 is 0 Å². The predicted molar refractivity (Wildman–Crippen MR) is 133 cm³/mol. The van der Waals surface area contributed by atoms with Crippen LogP contribution in [-0.2, 0) is 16.1 Å². The van der Waals surface area contributed by atoms with Crippen LogP contribution in [0.25, 0.3) is 0 Å². The monoisotopic (exact) mass is 550 g/mol. The molecule has 0 aliphatic heterocycles. The van der Waals surface area contributed by atoms with Gasteiger partial charge < -0.3 is 19.7 Å². The van der Waals surface area contributed by atoms with Gasteiger partial charge in [0.1, 0.15) is 17.5 Å². The van der Waals surface area contributed by atoms with Crippen molar-refractivity contribution in [2.45, 2.75) is 57.7 Å². The van der Waals surface area contributed by atoms with Crippen molar-refractivity contribution in [3.63, 3.8) is 0 Å². The van der Waals surface area contributed by atoms with Crippen LogP contribution in [0.4, 0.5) is 0 Å². The predicted octanol–water partition coefficient (Wildman–Crippen LogP) is 4.54. The number of amides is 2. The summed E-state index contributed by atoms with van der Waals surface area (Å²) in [6.45, 7) is 2.15. The van der Waals surface area contributed by atoms with Gasteiger partial charge in [0, 0.05) is 16.2 Å². The van der Waals surface area contributed by atoms with Crippen LogP contribution in [0.2, 0.25) is 0 Å². The highest BCUT2D eigenvalue weighted by Crippen LogP contribution is 2.20. The lowest BCUT2D eigenvalue weighted by molar-refractivity contribution is -0.143. The average molecular weight is 550 g/mol. The summed E-state index contributed by atoms with van der Waals surface area (Å²) >= 11 is 2.22. The molecule has 0 radical (unpaired) electrons. The Bertz CT molecular complexity index is 880. The minimum atomic E-state index is -0.550. The highest BCUT2D eigenvalue weighted by Gasteiger charge is 2.30. The molecule has 1 aliphatic rings. The summed E-state index contributed by atoms with van der Waals surface area (Å²) < 4.78 is 12.1. The molecule has 0 unspecified atom stereocenters. The van der Waals surface area contributed by atoms with Gasteiger partial charge in [-0.25, -0.2) is 0 Å². The maximum Gasteiger partial charge on any atom is 0.261 e. The first-order valence-electron chi connectivity index (χ1n) is 11.1. The van der Waals surface area contributed by atoms with Crippen LogP contribution in [0.15, 0.2) is 48.5 Å². The summed E-state index contributed by atoms with van der Waals surface area (Å²) in [5, 5.41) is 3.15. The van der Waals surface area contributed by atoms with Gasteiger partial charge in [-0.05, 0) is 83.8 Å². The third kappa shape index (κ3) is 6.85. The van der Waals surface area contributed by atoms with Gasteiger partial charge in [-0.2, -0.15) is 0 Å². The minimum absolute atomic E-state index is 0.0875. The van der Waals surface area contributed by atoms with Gasteiger partial charge in [0.25, 0.3) is 5.91 Å². The Morgan fingerprint density at radius 2 is 1.69 bits per heavy atom. The fourth-order valence-corrected chi connectivity index (χ4v) is 4.33. The summed E-state index contributed by atoms with van der Waals surface area (Å²) in [5.41, 5.74) is 0.931. The van der Waals surface area contributed by atoms with Gasteiger partial charge in [-0.15, -0.1) is 0 Å². The highest BCUT2D eigenvalue weighted by atomic mass is 127. The van der Waals surface area contributed by atoms with Crippen molar-refractivity contribution in [2.75, 3.05) is 13.7 Å². The second-order valence-electron chi connectivity index (χ2n) is 8.03. The van der Waals surface area contributed by atoms with E-state index in [0.29, 0.717) is 18.7 Å². The Balaban J connectivity index is 1.74. The summed E-state index contributed by atoms with van der Waals surface area (Å²) in [5.74, 6) is 1.08. The summed E-state index contributed by atoms with van der Waals surface area (Å²) in [7, 11) is 1.62. The third-order valence-corrected chi connectivity index (χ3v) is 6.49.